The minimum absolute atomic E-state index is 0.0947. The largest absolute Gasteiger partial charge is 0.378 e. The van der Waals surface area contributed by atoms with E-state index < -0.39 is 11.7 Å². The second-order valence-corrected chi connectivity index (χ2v) is 7.40. The zero-order valence-electron chi connectivity index (χ0n) is 17.4. The molecule has 0 atom stereocenters. The summed E-state index contributed by atoms with van der Waals surface area (Å²) in [6.07, 6.45) is 1.71. The third-order valence-corrected chi connectivity index (χ3v) is 4.99. The third-order valence-electron chi connectivity index (χ3n) is 4.99. The molecule has 2 heterocycles. The maximum absolute atomic E-state index is 14.1. The van der Waals surface area contributed by atoms with Crippen LogP contribution in [0.5, 0.6) is 0 Å². The summed E-state index contributed by atoms with van der Waals surface area (Å²) in [5.74, 6) is -0.603. The number of rotatable bonds is 6. The Morgan fingerprint density at radius 3 is 2.47 bits per heavy atom. The van der Waals surface area contributed by atoms with Crippen LogP contribution < -0.4 is 15.5 Å². The number of ether oxygens (including phenoxy) is 1. The molecule has 7 nitrogen and oxygen atoms in total. The fraction of sp³-hybridized carbons (Fsp3) is 0.208. The molecule has 1 aliphatic rings. The summed E-state index contributed by atoms with van der Waals surface area (Å²) in [6.45, 7) is 2.84. The van der Waals surface area contributed by atoms with Crippen LogP contribution in [0.1, 0.15) is 15.9 Å². The van der Waals surface area contributed by atoms with E-state index >= 15 is 0 Å². The Bertz CT molecular complexity index is 1080. The maximum Gasteiger partial charge on any atom is 0.255 e. The van der Waals surface area contributed by atoms with Crippen molar-refractivity contribution in [3.8, 4) is 0 Å². The number of hydrogen-bond acceptors (Lipinski definition) is 5. The SMILES string of the molecule is O=C(Cc1ccccc1)Nc1cc(F)cc(C(=O)Nc2ccc(N3CCOCC3)nc2)c1. The third kappa shape index (κ3) is 5.67. The normalized spacial score (nSPS) is 13.5. The molecule has 3 aromatic rings. The number of nitrogens with zero attached hydrogens (tertiary/aromatic N) is 2. The maximum atomic E-state index is 14.1. The van der Waals surface area contributed by atoms with Crippen molar-refractivity contribution in [2.24, 2.45) is 0 Å². The number of carbonyl (C=O) groups is 2. The Morgan fingerprint density at radius 1 is 0.969 bits per heavy atom. The smallest absolute Gasteiger partial charge is 0.255 e. The number of aromatic nitrogens is 1. The molecule has 1 aliphatic heterocycles. The standard InChI is InChI=1S/C24H23FN4O3/c25-19-13-18(14-21(15-19)27-23(30)12-17-4-2-1-3-5-17)24(31)28-20-6-7-22(26-16-20)29-8-10-32-11-9-29/h1-7,13-16H,8-12H2,(H,27,30)(H,28,31). The fourth-order valence-corrected chi connectivity index (χ4v) is 3.42. The van der Waals surface area contributed by atoms with Gasteiger partial charge in [-0.05, 0) is 35.9 Å². The van der Waals surface area contributed by atoms with E-state index in [0.717, 1.165) is 30.5 Å². The molecule has 2 aromatic carbocycles. The molecule has 2 amide bonds. The van der Waals surface area contributed by atoms with E-state index in [0.29, 0.717) is 18.9 Å². The molecule has 4 rings (SSSR count). The van der Waals surface area contributed by atoms with Gasteiger partial charge < -0.3 is 20.3 Å². The Labute approximate surface area is 185 Å². The summed E-state index contributed by atoms with van der Waals surface area (Å²) in [7, 11) is 0. The van der Waals surface area contributed by atoms with Gasteiger partial charge in [0.25, 0.3) is 5.91 Å². The topological polar surface area (TPSA) is 83.6 Å². The number of carbonyl (C=O) groups excluding carboxylic acids is 2. The average Bonchev–Trinajstić information content (AvgIpc) is 2.80. The van der Waals surface area contributed by atoms with Gasteiger partial charge in [0.1, 0.15) is 11.6 Å². The first-order valence-corrected chi connectivity index (χ1v) is 10.3. The van der Waals surface area contributed by atoms with Gasteiger partial charge in [-0.25, -0.2) is 9.37 Å². The van der Waals surface area contributed by atoms with E-state index in [1.807, 2.05) is 36.4 Å². The molecule has 1 saturated heterocycles. The molecule has 32 heavy (non-hydrogen) atoms. The summed E-state index contributed by atoms with van der Waals surface area (Å²) in [4.78, 5) is 31.4. The second-order valence-electron chi connectivity index (χ2n) is 7.40. The van der Waals surface area contributed by atoms with E-state index in [9.17, 15) is 14.0 Å². The minimum Gasteiger partial charge on any atom is -0.378 e. The Balaban J connectivity index is 1.40. The molecule has 2 N–H and O–H groups in total. The first kappa shape index (κ1) is 21.5. The van der Waals surface area contributed by atoms with E-state index in [-0.39, 0.29) is 23.6 Å². The quantitative estimate of drug-likeness (QED) is 0.621. The van der Waals surface area contributed by atoms with Gasteiger partial charge in [-0.1, -0.05) is 30.3 Å². The van der Waals surface area contributed by atoms with Crippen molar-refractivity contribution in [2.75, 3.05) is 41.8 Å². The van der Waals surface area contributed by atoms with E-state index in [2.05, 4.69) is 20.5 Å². The van der Waals surface area contributed by atoms with Crippen LogP contribution in [-0.2, 0) is 16.0 Å². The van der Waals surface area contributed by atoms with Crippen molar-refractivity contribution in [2.45, 2.75) is 6.42 Å². The number of pyridine rings is 1. The van der Waals surface area contributed by atoms with Gasteiger partial charge in [-0.2, -0.15) is 0 Å². The van der Waals surface area contributed by atoms with Crippen molar-refractivity contribution in [3.05, 3.63) is 83.8 Å². The summed E-state index contributed by atoms with van der Waals surface area (Å²) in [6, 6.07) is 16.5. The molecule has 0 saturated carbocycles. The molecule has 0 unspecified atom stereocenters. The number of amides is 2. The van der Waals surface area contributed by atoms with E-state index in [1.54, 1.807) is 12.3 Å². The lowest BCUT2D eigenvalue weighted by Gasteiger charge is -2.27. The summed E-state index contributed by atoms with van der Waals surface area (Å²) in [5.41, 5.74) is 1.65. The lowest BCUT2D eigenvalue weighted by molar-refractivity contribution is -0.115. The summed E-state index contributed by atoms with van der Waals surface area (Å²) in [5, 5.41) is 5.36. The second kappa shape index (κ2) is 10.0. The highest BCUT2D eigenvalue weighted by atomic mass is 19.1. The Hall–Kier alpha value is -3.78. The molecule has 0 aliphatic carbocycles. The van der Waals surface area contributed by atoms with Crippen molar-refractivity contribution >= 4 is 29.0 Å². The number of anilines is 3. The highest BCUT2D eigenvalue weighted by Gasteiger charge is 2.14. The zero-order chi connectivity index (χ0) is 22.3. The van der Waals surface area contributed by atoms with Crippen LogP contribution >= 0.6 is 0 Å². The first-order valence-electron chi connectivity index (χ1n) is 10.3. The van der Waals surface area contributed by atoms with Crippen molar-refractivity contribution in [1.82, 2.24) is 4.98 Å². The van der Waals surface area contributed by atoms with Crippen LogP contribution in [0.2, 0.25) is 0 Å². The van der Waals surface area contributed by atoms with Gasteiger partial charge in [0.2, 0.25) is 5.91 Å². The van der Waals surface area contributed by atoms with Gasteiger partial charge >= 0.3 is 0 Å². The molecule has 8 heteroatoms. The molecule has 0 radical (unpaired) electrons. The number of halogens is 1. The van der Waals surface area contributed by atoms with Gasteiger partial charge in [0, 0.05) is 24.3 Å². The van der Waals surface area contributed by atoms with Gasteiger partial charge in [0.15, 0.2) is 0 Å². The first-order chi connectivity index (χ1) is 15.6. The van der Waals surface area contributed by atoms with Crippen molar-refractivity contribution in [3.63, 3.8) is 0 Å². The van der Waals surface area contributed by atoms with Crippen LogP contribution in [0, 0.1) is 5.82 Å². The monoisotopic (exact) mass is 434 g/mol. The van der Waals surface area contributed by atoms with E-state index in [1.165, 1.54) is 12.1 Å². The Morgan fingerprint density at radius 2 is 1.75 bits per heavy atom. The Kier molecular flexibility index (Phi) is 6.72. The fourth-order valence-electron chi connectivity index (χ4n) is 3.42. The van der Waals surface area contributed by atoms with Crippen molar-refractivity contribution < 1.29 is 18.7 Å². The van der Waals surface area contributed by atoms with Crippen LogP contribution in [0.25, 0.3) is 0 Å². The van der Waals surface area contributed by atoms with Crippen LogP contribution in [-0.4, -0.2) is 43.1 Å². The molecular formula is C24H23FN4O3. The highest BCUT2D eigenvalue weighted by molar-refractivity contribution is 6.05. The van der Waals surface area contributed by atoms with Crippen LogP contribution in [0.3, 0.4) is 0 Å². The zero-order valence-corrected chi connectivity index (χ0v) is 17.4. The summed E-state index contributed by atoms with van der Waals surface area (Å²) < 4.78 is 19.4. The average molecular weight is 434 g/mol. The van der Waals surface area contributed by atoms with Crippen molar-refractivity contribution in [1.29, 1.82) is 0 Å². The van der Waals surface area contributed by atoms with Gasteiger partial charge in [0.05, 0.1) is 31.5 Å². The molecule has 0 spiro atoms. The lowest BCUT2D eigenvalue weighted by Crippen LogP contribution is -2.36. The minimum atomic E-state index is -0.617. The molecule has 0 bridgehead atoms. The number of benzene rings is 2. The molecule has 1 fully saturated rings. The highest BCUT2D eigenvalue weighted by Crippen LogP contribution is 2.19. The lowest BCUT2D eigenvalue weighted by atomic mass is 10.1. The predicted molar refractivity (Wildman–Crippen MR) is 120 cm³/mol. The van der Waals surface area contributed by atoms with E-state index in [4.69, 9.17) is 4.74 Å². The molecule has 164 valence electrons. The number of nitrogens with one attached hydrogen (secondary N) is 2. The number of morpholine rings is 1. The molecular weight excluding hydrogens is 411 g/mol. The predicted octanol–water partition coefficient (Wildman–Crippen LogP) is 3.49. The van der Waals surface area contributed by atoms with Gasteiger partial charge in [-0.3, -0.25) is 9.59 Å². The van der Waals surface area contributed by atoms with Crippen LogP contribution in [0.15, 0.2) is 66.9 Å². The number of hydrogen-bond donors (Lipinski definition) is 2. The molecule has 1 aromatic heterocycles. The summed E-state index contributed by atoms with van der Waals surface area (Å²) >= 11 is 0. The van der Waals surface area contributed by atoms with Gasteiger partial charge in [-0.15, -0.1) is 0 Å². The van der Waals surface area contributed by atoms with Crippen LogP contribution in [0.4, 0.5) is 21.6 Å².